The van der Waals surface area contributed by atoms with E-state index >= 15 is 0 Å². The van der Waals surface area contributed by atoms with Crippen molar-refractivity contribution in [2.45, 2.75) is 11.8 Å². The van der Waals surface area contributed by atoms with Crippen LogP contribution in [0, 0.1) is 12.7 Å². The molecule has 1 aliphatic rings. The molecule has 1 saturated heterocycles. The lowest BCUT2D eigenvalue weighted by atomic mass is 10.1. The number of amides is 3. The quantitative estimate of drug-likeness (QED) is 0.593. The number of imide groups is 1. The van der Waals surface area contributed by atoms with Crippen molar-refractivity contribution in [1.29, 1.82) is 0 Å². The first-order chi connectivity index (χ1) is 15.1. The van der Waals surface area contributed by atoms with E-state index in [1.54, 1.807) is 6.08 Å². The van der Waals surface area contributed by atoms with E-state index in [4.69, 9.17) is 0 Å². The first-order valence-corrected chi connectivity index (χ1v) is 11.8. The van der Waals surface area contributed by atoms with E-state index in [9.17, 15) is 27.2 Å². The summed E-state index contributed by atoms with van der Waals surface area (Å²) < 4.78 is 39.9. The summed E-state index contributed by atoms with van der Waals surface area (Å²) in [4.78, 5) is 38.1. The van der Waals surface area contributed by atoms with Gasteiger partial charge in [-0.3, -0.25) is 19.3 Å². The van der Waals surface area contributed by atoms with Crippen molar-refractivity contribution in [3.8, 4) is 0 Å². The second-order valence-corrected chi connectivity index (χ2v) is 9.73. The van der Waals surface area contributed by atoms with Crippen LogP contribution in [0.25, 0.3) is 6.08 Å². The number of thioether (sulfide) groups is 1. The Morgan fingerprint density at radius 3 is 2.50 bits per heavy atom. The fourth-order valence-corrected chi connectivity index (χ4v) is 4.47. The summed E-state index contributed by atoms with van der Waals surface area (Å²) in [5, 5.41) is 1.93. The zero-order valence-electron chi connectivity index (χ0n) is 17.2. The summed E-state index contributed by atoms with van der Waals surface area (Å²) in [6.07, 6.45) is 1.62. The average molecular weight is 478 g/mol. The summed E-state index contributed by atoms with van der Waals surface area (Å²) in [6.45, 7) is 1.70. The molecule has 11 heteroatoms. The fraction of sp³-hybridized carbons (Fsp3) is 0.190. The molecule has 2 N–H and O–H groups in total. The van der Waals surface area contributed by atoms with Gasteiger partial charge in [0.25, 0.3) is 17.1 Å². The van der Waals surface area contributed by atoms with Crippen LogP contribution in [0.1, 0.15) is 21.5 Å². The van der Waals surface area contributed by atoms with Gasteiger partial charge in [0.05, 0.1) is 15.4 Å². The Balaban J connectivity index is 1.65. The number of benzene rings is 2. The number of aryl methyl sites for hydroxylation is 1. The average Bonchev–Trinajstić information content (AvgIpc) is 3.02. The lowest BCUT2D eigenvalue weighted by Gasteiger charge is -2.13. The van der Waals surface area contributed by atoms with Crippen LogP contribution >= 0.6 is 11.8 Å². The predicted molar refractivity (Wildman–Crippen MR) is 119 cm³/mol. The van der Waals surface area contributed by atoms with Gasteiger partial charge < -0.3 is 5.32 Å². The third-order valence-electron chi connectivity index (χ3n) is 4.63. The van der Waals surface area contributed by atoms with Crippen LogP contribution in [0.5, 0.6) is 0 Å². The van der Waals surface area contributed by atoms with E-state index in [1.165, 1.54) is 7.05 Å². The van der Waals surface area contributed by atoms with Crippen molar-refractivity contribution in [3.05, 3.63) is 69.9 Å². The Kier molecular flexibility index (Phi) is 7.12. The van der Waals surface area contributed by atoms with Gasteiger partial charge in [0.1, 0.15) is 5.82 Å². The topological polar surface area (TPSA) is 113 Å². The van der Waals surface area contributed by atoms with Crippen LogP contribution in [0.15, 0.2) is 52.3 Å². The van der Waals surface area contributed by atoms with Crippen LogP contribution in [0.4, 0.5) is 9.18 Å². The molecule has 2 aromatic rings. The monoisotopic (exact) mass is 477 g/mol. The second-order valence-electron chi connectivity index (χ2n) is 6.85. The molecular weight excluding hydrogens is 457 g/mol. The Morgan fingerprint density at radius 2 is 1.84 bits per heavy atom. The van der Waals surface area contributed by atoms with Gasteiger partial charge in [-0.05, 0) is 55.6 Å². The minimum Gasteiger partial charge on any atom is -0.350 e. The van der Waals surface area contributed by atoms with Gasteiger partial charge in [-0.25, -0.2) is 17.5 Å². The zero-order chi connectivity index (χ0) is 23.5. The first-order valence-electron chi connectivity index (χ1n) is 9.45. The smallest absolute Gasteiger partial charge is 0.293 e. The molecule has 0 aliphatic carbocycles. The number of carbonyl (C=O) groups excluding carboxylic acids is 3. The van der Waals surface area contributed by atoms with E-state index in [0.717, 1.165) is 46.0 Å². The van der Waals surface area contributed by atoms with Gasteiger partial charge in [0.15, 0.2) is 0 Å². The van der Waals surface area contributed by atoms with Gasteiger partial charge in [0.2, 0.25) is 10.0 Å². The maximum Gasteiger partial charge on any atom is 0.293 e. The third kappa shape index (κ3) is 5.23. The molecule has 1 aliphatic heterocycles. The molecule has 0 aromatic heterocycles. The highest BCUT2D eigenvalue weighted by molar-refractivity contribution is 8.18. The van der Waals surface area contributed by atoms with Crippen molar-refractivity contribution in [2.24, 2.45) is 0 Å². The number of rotatable bonds is 7. The Bertz CT molecular complexity index is 1210. The number of carbonyl (C=O) groups is 3. The van der Waals surface area contributed by atoms with Crippen LogP contribution < -0.4 is 10.0 Å². The molecule has 2 aromatic carbocycles. The van der Waals surface area contributed by atoms with E-state index in [-0.39, 0.29) is 22.9 Å². The van der Waals surface area contributed by atoms with Crippen molar-refractivity contribution in [2.75, 3.05) is 20.1 Å². The fourth-order valence-electron chi connectivity index (χ4n) is 2.85. The summed E-state index contributed by atoms with van der Waals surface area (Å²) in [6, 6.07) is 10.3. The minimum absolute atomic E-state index is 0.113. The molecule has 3 amide bonds. The van der Waals surface area contributed by atoms with Crippen LogP contribution in [-0.4, -0.2) is 50.5 Å². The molecule has 0 bridgehead atoms. The van der Waals surface area contributed by atoms with Gasteiger partial charge in [-0.2, -0.15) is 0 Å². The molecule has 0 radical (unpaired) electrons. The Labute approximate surface area is 188 Å². The first kappa shape index (κ1) is 23.6. The molecule has 32 heavy (non-hydrogen) atoms. The Morgan fingerprint density at radius 1 is 1.16 bits per heavy atom. The largest absolute Gasteiger partial charge is 0.350 e. The molecule has 0 atom stereocenters. The molecule has 8 nitrogen and oxygen atoms in total. The maximum atomic E-state index is 14.0. The summed E-state index contributed by atoms with van der Waals surface area (Å²) >= 11 is 0.798. The molecule has 0 spiro atoms. The van der Waals surface area contributed by atoms with Gasteiger partial charge >= 0.3 is 0 Å². The molecule has 0 saturated carbocycles. The lowest BCUT2D eigenvalue weighted by Crippen LogP contribution is -2.37. The Hall–Kier alpha value is -3.02. The molecule has 168 valence electrons. The number of halogens is 1. The van der Waals surface area contributed by atoms with Crippen molar-refractivity contribution >= 4 is 44.9 Å². The number of sulfonamides is 1. The summed E-state index contributed by atoms with van der Waals surface area (Å²) in [5.74, 6) is -2.24. The van der Waals surface area contributed by atoms with E-state index in [2.05, 4.69) is 10.0 Å². The van der Waals surface area contributed by atoms with Crippen LogP contribution in [-0.2, 0) is 14.8 Å². The molecule has 3 rings (SSSR count). The maximum absolute atomic E-state index is 14.0. The second kappa shape index (κ2) is 9.63. The van der Waals surface area contributed by atoms with Gasteiger partial charge in [-0.15, -0.1) is 0 Å². The van der Waals surface area contributed by atoms with Gasteiger partial charge in [0, 0.05) is 13.1 Å². The van der Waals surface area contributed by atoms with Gasteiger partial charge in [-0.1, -0.05) is 29.8 Å². The highest BCUT2D eigenvalue weighted by Crippen LogP contribution is 2.31. The molecule has 1 heterocycles. The van der Waals surface area contributed by atoms with Crippen LogP contribution in [0.3, 0.4) is 0 Å². The molecular formula is C21H20FN3O5S2. The van der Waals surface area contributed by atoms with Crippen molar-refractivity contribution in [1.82, 2.24) is 14.9 Å². The normalized spacial score (nSPS) is 15.5. The van der Waals surface area contributed by atoms with Crippen LogP contribution in [0.2, 0.25) is 0 Å². The minimum atomic E-state index is -3.86. The standard InChI is InChI=1S/C21H20FN3O5S2/c1-13-3-5-14(6-4-13)11-18-20(27)25(21(28)31-18)10-9-24-19(26)16-12-15(7-8-17(16)22)32(29,30)23-2/h3-8,11-12,23H,9-10H2,1-2H3,(H,24,26)/b18-11+. The third-order valence-corrected chi connectivity index (χ3v) is 6.95. The van der Waals surface area contributed by atoms with Crippen molar-refractivity contribution < 1.29 is 27.2 Å². The zero-order valence-corrected chi connectivity index (χ0v) is 18.8. The van der Waals surface area contributed by atoms with E-state index in [0.29, 0.717) is 0 Å². The van der Waals surface area contributed by atoms with Crippen molar-refractivity contribution in [3.63, 3.8) is 0 Å². The molecule has 0 unspecified atom stereocenters. The number of nitrogens with one attached hydrogen (secondary N) is 2. The number of nitrogens with zero attached hydrogens (tertiary/aromatic N) is 1. The van der Waals surface area contributed by atoms with E-state index in [1.807, 2.05) is 31.2 Å². The summed E-state index contributed by atoms with van der Waals surface area (Å²) in [7, 11) is -2.66. The highest BCUT2D eigenvalue weighted by atomic mass is 32.2. The van der Waals surface area contributed by atoms with E-state index < -0.39 is 38.5 Å². The molecule has 1 fully saturated rings. The number of hydrogen-bond acceptors (Lipinski definition) is 6. The lowest BCUT2D eigenvalue weighted by molar-refractivity contribution is -0.122. The summed E-state index contributed by atoms with van der Waals surface area (Å²) in [5.41, 5.74) is 1.38. The SMILES string of the molecule is CNS(=O)(=O)c1ccc(F)c(C(=O)NCCN2C(=O)S/C(=C/c3ccc(C)cc3)C2=O)c1. The number of hydrogen-bond donors (Lipinski definition) is 2. The predicted octanol–water partition coefficient (Wildman–Crippen LogP) is 2.51. The highest BCUT2D eigenvalue weighted by Gasteiger charge is 2.34.